The van der Waals surface area contributed by atoms with Crippen molar-refractivity contribution in [1.82, 2.24) is 0 Å². The van der Waals surface area contributed by atoms with E-state index in [9.17, 15) is 65.8 Å². The van der Waals surface area contributed by atoms with E-state index in [0.717, 1.165) is 42.5 Å². The van der Waals surface area contributed by atoms with Gasteiger partial charge in [-0.3, -0.25) is 4.79 Å². The third-order valence-corrected chi connectivity index (χ3v) is 8.93. The fourth-order valence-corrected chi connectivity index (χ4v) is 5.93. The number of aliphatic hydroxyl groups is 5. The standard InChI is InChI=1S/C36H36O19/c1-13-26(44)29(47)31(49)35(51-13)50-12-23-27(45)30(48)34(54-24(43)7-3-14-2-5-17(38)19(40)8-14)36(53-23)55-33-28(46)25-21(42)10-16(37)11-22(25)52-32(33)15-4-6-18(39)20(41)9-15/h2-11,13,23,26-27,29-31,34-42,44-45,47-49H,12H2,1H3/b7-3+/t13-,23+,26-,27+,29+,30-,31+,34+,35+,36-/m0/s1. The maximum atomic E-state index is 14.0. The summed E-state index contributed by atoms with van der Waals surface area (Å²) in [6, 6.07) is 8.70. The zero-order valence-electron chi connectivity index (χ0n) is 28.4. The van der Waals surface area contributed by atoms with Gasteiger partial charge in [0.1, 0.15) is 59.1 Å². The summed E-state index contributed by atoms with van der Waals surface area (Å²) in [6.45, 7) is 0.693. The fraction of sp³-hybridized carbons (Fsp3) is 0.333. The van der Waals surface area contributed by atoms with Gasteiger partial charge in [-0.2, -0.15) is 0 Å². The van der Waals surface area contributed by atoms with Crippen molar-refractivity contribution in [1.29, 1.82) is 0 Å². The molecule has 19 heteroatoms. The lowest BCUT2D eigenvalue weighted by Crippen LogP contribution is -2.62. The molecule has 11 N–H and O–H groups in total. The minimum Gasteiger partial charge on any atom is -0.508 e. The van der Waals surface area contributed by atoms with Gasteiger partial charge in [-0.05, 0) is 48.9 Å². The molecule has 2 aliphatic rings. The zero-order chi connectivity index (χ0) is 39.9. The van der Waals surface area contributed by atoms with Gasteiger partial charge in [-0.1, -0.05) is 6.07 Å². The molecule has 0 spiro atoms. The molecule has 0 amide bonds. The first-order chi connectivity index (χ1) is 26.0. The summed E-state index contributed by atoms with van der Waals surface area (Å²) in [5.74, 6) is -5.79. The summed E-state index contributed by atoms with van der Waals surface area (Å²) in [5.41, 5.74) is -1.33. The molecule has 2 saturated heterocycles. The van der Waals surface area contributed by atoms with E-state index in [1.807, 2.05) is 0 Å². The van der Waals surface area contributed by atoms with Crippen LogP contribution in [0.25, 0.3) is 28.4 Å². The quantitative estimate of drug-likeness (QED) is 0.0605. The first kappa shape index (κ1) is 39.1. The highest BCUT2D eigenvalue weighted by Crippen LogP contribution is 2.40. The predicted molar refractivity (Wildman–Crippen MR) is 183 cm³/mol. The summed E-state index contributed by atoms with van der Waals surface area (Å²) >= 11 is 0. The van der Waals surface area contributed by atoms with Crippen molar-refractivity contribution in [3.8, 4) is 51.6 Å². The van der Waals surface area contributed by atoms with Crippen LogP contribution in [0.4, 0.5) is 0 Å². The normalized spacial score (nSPS) is 28.3. The SMILES string of the molecule is C[C@@H]1O[C@@H](OC[C@H]2O[C@@H](Oc3c(-c4ccc(O)c(O)c4)oc4cc(O)cc(O)c4c3=O)[C@H](OC(=O)/C=C/c3ccc(O)c(O)c3)[C@@H](O)[C@@H]2O)[C@H](O)[C@H](O)[C@H]1O. The van der Waals surface area contributed by atoms with Crippen LogP contribution in [0, 0.1) is 0 Å². The highest BCUT2D eigenvalue weighted by molar-refractivity contribution is 5.89. The Balaban J connectivity index is 1.38. The molecule has 19 nitrogen and oxygen atoms in total. The van der Waals surface area contributed by atoms with E-state index in [2.05, 4.69) is 0 Å². The second-order valence-electron chi connectivity index (χ2n) is 12.8. The van der Waals surface area contributed by atoms with E-state index in [1.165, 1.54) is 25.1 Å². The molecule has 0 radical (unpaired) electrons. The number of phenols is 6. The molecule has 4 aromatic rings. The third kappa shape index (κ3) is 7.95. The lowest BCUT2D eigenvalue weighted by molar-refractivity contribution is -0.319. The van der Waals surface area contributed by atoms with Gasteiger partial charge >= 0.3 is 5.97 Å². The average Bonchev–Trinajstić information content (AvgIpc) is 3.14. The Hall–Kier alpha value is -5.64. The summed E-state index contributed by atoms with van der Waals surface area (Å²) in [4.78, 5) is 27.1. The van der Waals surface area contributed by atoms with Crippen LogP contribution in [0.1, 0.15) is 12.5 Å². The Kier molecular flexibility index (Phi) is 11.1. The highest BCUT2D eigenvalue weighted by Gasteiger charge is 2.50. The number of ether oxygens (including phenoxy) is 5. The molecular formula is C36H36O19. The van der Waals surface area contributed by atoms with Gasteiger partial charge in [-0.25, -0.2) is 4.79 Å². The van der Waals surface area contributed by atoms with Crippen LogP contribution >= 0.6 is 0 Å². The summed E-state index contributed by atoms with van der Waals surface area (Å²) in [5, 5.41) is 113. The molecule has 0 unspecified atom stereocenters. The van der Waals surface area contributed by atoms with Crippen molar-refractivity contribution in [2.45, 2.75) is 68.3 Å². The molecule has 2 fully saturated rings. The lowest BCUT2D eigenvalue weighted by atomic mass is 9.98. The van der Waals surface area contributed by atoms with Crippen molar-refractivity contribution in [2.24, 2.45) is 0 Å². The van der Waals surface area contributed by atoms with Crippen LogP contribution in [0.5, 0.6) is 40.2 Å². The Bertz CT molecular complexity index is 2150. The number of phenolic OH excluding ortho intramolecular Hbond substituents is 6. The van der Waals surface area contributed by atoms with Crippen LogP contribution in [-0.4, -0.2) is 130 Å². The summed E-state index contributed by atoms with van der Waals surface area (Å²) in [7, 11) is 0. The molecule has 6 rings (SSSR count). The molecule has 0 bridgehead atoms. The molecule has 10 atom stereocenters. The van der Waals surface area contributed by atoms with Gasteiger partial charge in [0, 0.05) is 23.8 Å². The van der Waals surface area contributed by atoms with Crippen molar-refractivity contribution in [3.63, 3.8) is 0 Å². The van der Waals surface area contributed by atoms with Gasteiger partial charge in [0.25, 0.3) is 0 Å². The molecule has 3 heterocycles. The number of carbonyl (C=O) groups is 1. The second kappa shape index (κ2) is 15.6. The van der Waals surface area contributed by atoms with Crippen molar-refractivity contribution >= 4 is 23.0 Å². The largest absolute Gasteiger partial charge is 0.508 e. The van der Waals surface area contributed by atoms with Gasteiger partial charge in [-0.15, -0.1) is 0 Å². The number of rotatable bonds is 9. The van der Waals surface area contributed by atoms with E-state index in [1.54, 1.807) is 0 Å². The minimum absolute atomic E-state index is 0.102. The van der Waals surface area contributed by atoms with E-state index in [-0.39, 0.29) is 16.7 Å². The second-order valence-corrected chi connectivity index (χ2v) is 12.8. The van der Waals surface area contributed by atoms with E-state index >= 15 is 0 Å². The Labute approximate surface area is 308 Å². The van der Waals surface area contributed by atoms with Crippen LogP contribution in [-0.2, 0) is 23.7 Å². The average molecular weight is 773 g/mol. The Morgan fingerprint density at radius 2 is 1.44 bits per heavy atom. The molecule has 1 aromatic heterocycles. The number of fused-ring (bicyclic) bond motifs is 1. The van der Waals surface area contributed by atoms with Crippen LogP contribution < -0.4 is 10.2 Å². The van der Waals surface area contributed by atoms with Gasteiger partial charge < -0.3 is 84.3 Å². The Morgan fingerprint density at radius 1 is 0.745 bits per heavy atom. The molecule has 55 heavy (non-hydrogen) atoms. The predicted octanol–water partition coefficient (Wildman–Crippen LogP) is -0.0116. The molecule has 294 valence electrons. The minimum atomic E-state index is -2.06. The maximum absolute atomic E-state index is 14.0. The van der Waals surface area contributed by atoms with Gasteiger partial charge in [0.15, 0.2) is 41.2 Å². The van der Waals surface area contributed by atoms with Crippen LogP contribution in [0.3, 0.4) is 0 Å². The smallest absolute Gasteiger partial charge is 0.331 e. The fourth-order valence-electron chi connectivity index (χ4n) is 5.93. The molecular weight excluding hydrogens is 736 g/mol. The molecule has 3 aromatic carbocycles. The van der Waals surface area contributed by atoms with E-state index in [0.29, 0.717) is 0 Å². The number of benzene rings is 3. The maximum Gasteiger partial charge on any atom is 0.331 e. The third-order valence-electron chi connectivity index (χ3n) is 8.93. The number of carbonyl (C=O) groups excluding carboxylic acids is 1. The van der Waals surface area contributed by atoms with E-state index in [4.69, 9.17) is 28.1 Å². The zero-order valence-corrected chi connectivity index (χ0v) is 28.4. The van der Waals surface area contributed by atoms with Crippen LogP contribution in [0.2, 0.25) is 0 Å². The number of aromatic hydroxyl groups is 6. The van der Waals surface area contributed by atoms with Crippen molar-refractivity contribution in [2.75, 3.05) is 6.61 Å². The first-order valence-electron chi connectivity index (χ1n) is 16.5. The number of hydrogen-bond acceptors (Lipinski definition) is 19. The highest BCUT2D eigenvalue weighted by atomic mass is 16.7. The summed E-state index contributed by atoms with van der Waals surface area (Å²) in [6.07, 6.45) is -15.1. The van der Waals surface area contributed by atoms with Crippen LogP contribution in [0.15, 0.2) is 63.8 Å². The summed E-state index contributed by atoms with van der Waals surface area (Å²) < 4.78 is 34.1. The first-order valence-corrected chi connectivity index (χ1v) is 16.5. The Morgan fingerprint density at radius 3 is 2.13 bits per heavy atom. The van der Waals surface area contributed by atoms with E-state index < -0.39 is 131 Å². The number of aliphatic hydroxyl groups excluding tert-OH is 5. The molecule has 0 saturated carbocycles. The molecule has 2 aliphatic heterocycles. The number of esters is 1. The number of hydrogen-bond donors (Lipinski definition) is 11. The van der Waals surface area contributed by atoms with Gasteiger partial charge in [0.2, 0.25) is 17.5 Å². The monoisotopic (exact) mass is 772 g/mol. The van der Waals surface area contributed by atoms with Crippen molar-refractivity contribution < 1.29 is 89.1 Å². The topological polar surface area (TPSA) is 316 Å². The molecule has 0 aliphatic carbocycles. The van der Waals surface area contributed by atoms with Crippen molar-refractivity contribution in [3.05, 3.63) is 70.4 Å². The lowest BCUT2D eigenvalue weighted by Gasteiger charge is -2.43. The van der Waals surface area contributed by atoms with Gasteiger partial charge in [0.05, 0.1) is 12.7 Å².